The maximum absolute atomic E-state index is 4.62. The van der Waals surface area contributed by atoms with Gasteiger partial charge in [-0.2, -0.15) is 0 Å². The third-order valence-corrected chi connectivity index (χ3v) is 13.9. The molecule has 0 radical (unpaired) electrons. The molecule has 280 valence electrons. The summed E-state index contributed by atoms with van der Waals surface area (Å²) >= 11 is 0. The first kappa shape index (κ1) is 33.6. The second-order valence-corrected chi connectivity index (χ2v) is 21.7. The van der Waals surface area contributed by atoms with Gasteiger partial charge < -0.3 is 4.40 Å². The smallest absolute Gasteiger partial charge is 0.0633 e. The summed E-state index contributed by atoms with van der Waals surface area (Å²) < 4.78 is 2.74. The average Bonchev–Trinajstić information content (AvgIpc) is 3.52. The predicted octanol–water partition coefficient (Wildman–Crippen LogP) is 15.8. The van der Waals surface area contributed by atoms with Crippen molar-refractivity contribution in [2.75, 3.05) is 0 Å². The molecule has 8 aromatic carbocycles. The van der Waals surface area contributed by atoms with Crippen molar-refractivity contribution in [1.82, 2.24) is 9.38 Å². The van der Waals surface area contributed by atoms with Crippen molar-refractivity contribution in [3.8, 4) is 11.1 Å². The van der Waals surface area contributed by atoms with E-state index in [1.165, 1.54) is 131 Å². The number of hydrogen-bond acceptors (Lipinski definition) is 1. The van der Waals surface area contributed by atoms with Crippen molar-refractivity contribution in [3.05, 3.63) is 107 Å². The summed E-state index contributed by atoms with van der Waals surface area (Å²) in [4.78, 5) is 4.62. The molecular formula is C55H50N2. The number of nitrogens with zero attached hydrogens (tertiary/aromatic N) is 2. The molecule has 2 heteroatoms. The van der Waals surface area contributed by atoms with E-state index in [0.717, 1.165) is 5.56 Å². The highest BCUT2D eigenvalue weighted by Crippen LogP contribution is 2.58. The minimum Gasteiger partial charge on any atom is -0.307 e. The summed E-state index contributed by atoms with van der Waals surface area (Å²) in [5.74, 6) is 0. The van der Waals surface area contributed by atoms with Gasteiger partial charge in [0, 0.05) is 61.0 Å². The molecule has 0 unspecified atom stereocenters. The molecule has 0 bridgehead atoms. The molecule has 0 aliphatic heterocycles. The fourth-order valence-corrected chi connectivity index (χ4v) is 10.8. The van der Waals surface area contributed by atoms with Crippen molar-refractivity contribution in [2.45, 2.75) is 105 Å². The molecule has 0 fully saturated rings. The Morgan fingerprint density at radius 2 is 0.684 bits per heavy atom. The van der Waals surface area contributed by atoms with Gasteiger partial charge in [-0.15, -0.1) is 0 Å². The van der Waals surface area contributed by atoms with Crippen molar-refractivity contribution >= 4 is 103 Å². The van der Waals surface area contributed by atoms with E-state index >= 15 is 0 Å². The van der Waals surface area contributed by atoms with Crippen LogP contribution in [0.25, 0.3) is 114 Å². The number of hydrogen-bond donors (Lipinski definition) is 0. The molecule has 0 saturated heterocycles. The fourth-order valence-electron chi connectivity index (χ4n) is 10.8. The molecular weight excluding hydrogens is 689 g/mol. The molecule has 0 atom stereocenters. The summed E-state index contributed by atoms with van der Waals surface area (Å²) in [5, 5.41) is 22.2. The van der Waals surface area contributed by atoms with Crippen LogP contribution in [0.15, 0.2) is 85.2 Å². The summed E-state index contributed by atoms with van der Waals surface area (Å²) in [5.41, 5.74) is 11.9. The molecule has 0 spiro atoms. The standard InChI is InChI=1S/C55H50N2/c1-52(2,3)29-18-33-34-19-30(53(4,5)6)21-36-38-23-32(55(10,11)12)25-40-42-17-28(27-14-13-15-56-26-27)16-41-39-24-31(54(7,8)9)22-37-35(20-29)43(33)47-48(44(34)36)51(46(38)40)57(49(41)42)50(47)45(37)39/h13-26H,1-12H3. The Morgan fingerprint density at radius 3 is 1.00 bits per heavy atom. The van der Waals surface area contributed by atoms with E-state index in [4.69, 9.17) is 0 Å². The summed E-state index contributed by atoms with van der Waals surface area (Å²) in [6.45, 7) is 28.5. The van der Waals surface area contributed by atoms with Gasteiger partial charge in [0.05, 0.1) is 16.6 Å². The molecule has 0 aliphatic carbocycles. The Balaban J connectivity index is 1.52. The van der Waals surface area contributed by atoms with Crippen LogP contribution >= 0.6 is 0 Å². The number of pyridine rings is 3. The third-order valence-electron chi connectivity index (χ3n) is 13.9. The maximum atomic E-state index is 4.62. The van der Waals surface area contributed by atoms with Crippen LogP contribution in [-0.4, -0.2) is 9.38 Å². The highest BCUT2D eigenvalue weighted by molar-refractivity contribution is 6.52. The largest absolute Gasteiger partial charge is 0.307 e. The lowest BCUT2D eigenvalue weighted by Crippen LogP contribution is -2.12. The molecule has 12 rings (SSSR count). The van der Waals surface area contributed by atoms with Crippen LogP contribution < -0.4 is 0 Å². The Morgan fingerprint density at radius 1 is 0.351 bits per heavy atom. The van der Waals surface area contributed by atoms with Gasteiger partial charge in [-0.3, -0.25) is 4.98 Å². The molecule has 4 aromatic heterocycles. The number of benzene rings is 8. The van der Waals surface area contributed by atoms with Crippen LogP contribution in [0.2, 0.25) is 0 Å². The SMILES string of the molecule is CC(C)(C)c1cc2c3cc(C(C)(C)C)cc4c5cc(C(C)(C)C)cc6c7cc(-c8cccnc8)cc8c9cc(C(C)(C)C)cc%10c(c1)c2c1c(c34)c(c56)n(c87)c1c%109. The molecule has 57 heavy (non-hydrogen) atoms. The van der Waals surface area contributed by atoms with Gasteiger partial charge in [-0.25, -0.2) is 0 Å². The molecule has 4 heterocycles. The van der Waals surface area contributed by atoms with Crippen LogP contribution in [0.1, 0.15) is 105 Å². The first-order valence-electron chi connectivity index (χ1n) is 21.0. The second-order valence-electron chi connectivity index (χ2n) is 21.7. The van der Waals surface area contributed by atoms with Crippen LogP contribution in [0.3, 0.4) is 0 Å². The highest BCUT2D eigenvalue weighted by atomic mass is 14.9. The van der Waals surface area contributed by atoms with E-state index < -0.39 is 0 Å². The lowest BCUT2D eigenvalue weighted by atomic mass is 9.77. The Kier molecular flexibility index (Phi) is 5.88. The third kappa shape index (κ3) is 4.09. The molecule has 0 aliphatic rings. The maximum Gasteiger partial charge on any atom is 0.0633 e. The molecule has 0 saturated carbocycles. The van der Waals surface area contributed by atoms with Gasteiger partial charge in [-0.1, -0.05) is 89.2 Å². The van der Waals surface area contributed by atoms with Crippen LogP contribution in [0, 0.1) is 0 Å². The van der Waals surface area contributed by atoms with Gasteiger partial charge in [0.1, 0.15) is 0 Å². The van der Waals surface area contributed by atoms with Crippen LogP contribution in [-0.2, 0) is 21.7 Å². The number of aromatic nitrogens is 2. The van der Waals surface area contributed by atoms with E-state index in [0.29, 0.717) is 0 Å². The topological polar surface area (TPSA) is 17.3 Å². The Labute approximate surface area is 334 Å². The minimum atomic E-state index is -0.0422. The molecule has 0 N–H and O–H groups in total. The first-order chi connectivity index (χ1) is 26.8. The zero-order valence-electron chi connectivity index (χ0n) is 35.5. The fraction of sp³-hybridized carbons (Fsp3) is 0.291. The normalized spacial score (nSPS) is 14.3. The van der Waals surface area contributed by atoms with E-state index in [1.807, 2.05) is 12.4 Å². The highest BCUT2D eigenvalue weighted by Gasteiger charge is 2.34. The van der Waals surface area contributed by atoms with Gasteiger partial charge in [0.15, 0.2) is 0 Å². The zero-order chi connectivity index (χ0) is 39.6. The molecule has 12 aromatic rings. The van der Waals surface area contributed by atoms with Gasteiger partial charge >= 0.3 is 0 Å². The number of fused-ring (bicyclic) bond motifs is 5. The minimum absolute atomic E-state index is 0.0290. The Bertz CT molecular complexity index is 3410. The van der Waals surface area contributed by atoms with Crippen LogP contribution in [0.4, 0.5) is 0 Å². The zero-order valence-corrected chi connectivity index (χ0v) is 35.5. The monoisotopic (exact) mass is 738 g/mol. The van der Waals surface area contributed by atoms with Gasteiger partial charge in [0.2, 0.25) is 0 Å². The van der Waals surface area contributed by atoms with E-state index in [1.54, 1.807) is 0 Å². The summed E-state index contributed by atoms with van der Waals surface area (Å²) in [7, 11) is 0. The van der Waals surface area contributed by atoms with Crippen molar-refractivity contribution in [3.63, 3.8) is 0 Å². The van der Waals surface area contributed by atoms with Crippen LogP contribution in [0.5, 0.6) is 0 Å². The Hall–Kier alpha value is -5.47. The number of rotatable bonds is 1. The van der Waals surface area contributed by atoms with Gasteiger partial charge in [0.25, 0.3) is 0 Å². The summed E-state index contributed by atoms with van der Waals surface area (Å²) in [6, 6.07) is 29.8. The van der Waals surface area contributed by atoms with Gasteiger partial charge in [-0.05, 0) is 159 Å². The van der Waals surface area contributed by atoms with Crippen molar-refractivity contribution in [2.24, 2.45) is 0 Å². The molecule has 2 nitrogen and oxygen atoms in total. The molecule has 0 amide bonds. The average molecular weight is 739 g/mol. The first-order valence-corrected chi connectivity index (χ1v) is 21.0. The van der Waals surface area contributed by atoms with E-state index in [9.17, 15) is 0 Å². The van der Waals surface area contributed by atoms with E-state index in [-0.39, 0.29) is 21.7 Å². The summed E-state index contributed by atoms with van der Waals surface area (Å²) in [6.07, 6.45) is 3.92. The lowest BCUT2D eigenvalue weighted by Gasteiger charge is -2.26. The quantitative estimate of drug-likeness (QED) is 0.121. The van der Waals surface area contributed by atoms with Crippen molar-refractivity contribution in [1.29, 1.82) is 0 Å². The predicted molar refractivity (Wildman–Crippen MR) is 249 cm³/mol. The van der Waals surface area contributed by atoms with E-state index in [2.05, 4.69) is 165 Å². The van der Waals surface area contributed by atoms with Crippen molar-refractivity contribution < 1.29 is 0 Å². The lowest BCUT2D eigenvalue weighted by molar-refractivity contribution is 0.591. The second kappa shape index (κ2) is 9.97.